The maximum absolute atomic E-state index is 9.01. The number of nitrogens with zero attached hydrogens (tertiary/aromatic N) is 4. The molecule has 0 radical (unpaired) electrons. The predicted molar refractivity (Wildman–Crippen MR) is 73.7 cm³/mol. The van der Waals surface area contributed by atoms with E-state index >= 15 is 0 Å². The van der Waals surface area contributed by atoms with Crippen LogP contribution in [0, 0.1) is 0 Å². The van der Waals surface area contributed by atoms with Crippen molar-refractivity contribution in [3.63, 3.8) is 0 Å². The topological polar surface area (TPSA) is 108 Å². The molecule has 0 bridgehead atoms. The number of aryl methyl sites for hydroxylation is 1. The van der Waals surface area contributed by atoms with Gasteiger partial charge in [0.2, 0.25) is 0 Å². The fourth-order valence-electron chi connectivity index (χ4n) is 2.00. The summed E-state index contributed by atoms with van der Waals surface area (Å²) in [7, 11) is 1.78. The van der Waals surface area contributed by atoms with Gasteiger partial charge >= 0.3 is 0 Å². The van der Waals surface area contributed by atoms with Gasteiger partial charge in [-0.1, -0.05) is 19.0 Å². The Balaban J connectivity index is 3.47. The minimum atomic E-state index is -0.00915. The molecular weight excluding hydrogens is 246 g/mol. The summed E-state index contributed by atoms with van der Waals surface area (Å²) in [4.78, 5) is 1.74. The third kappa shape index (κ3) is 3.11. The first kappa shape index (κ1) is 15.2. The lowest BCUT2D eigenvalue weighted by Crippen LogP contribution is -2.29. The summed E-state index contributed by atoms with van der Waals surface area (Å²) in [6, 6.07) is 0. The number of hydrogen-bond acceptors (Lipinski definition) is 6. The van der Waals surface area contributed by atoms with Gasteiger partial charge < -0.3 is 20.9 Å². The molecule has 0 aliphatic rings. The van der Waals surface area contributed by atoms with Gasteiger partial charge in [0.25, 0.3) is 0 Å². The van der Waals surface area contributed by atoms with Crippen molar-refractivity contribution in [3.05, 3.63) is 16.8 Å². The van der Waals surface area contributed by atoms with E-state index in [4.69, 9.17) is 16.0 Å². The van der Waals surface area contributed by atoms with Crippen molar-refractivity contribution in [2.24, 2.45) is 10.9 Å². The number of aliphatic hydroxyl groups is 1. The molecule has 1 aromatic heterocycles. The number of aliphatic hydroxyl groups excluding tert-OH is 1. The molecule has 0 aromatic carbocycles. The lowest BCUT2D eigenvalue weighted by Gasteiger charge is -2.22. The smallest absolute Gasteiger partial charge is 0.174 e. The van der Waals surface area contributed by atoms with E-state index < -0.39 is 0 Å². The first-order chi connectivity index (χ1) is 9.10. The zero-order valence-electron chi connectivity index (χ0n) is 11.6. The van der Waals surface area contributed by atoms with Crippen molar-refractivity contribution in [2.45, 2.75) is 26.7 Å². The van der Waals surface area contributed by atoms with E-state index in [2.05, 4.69) is 15.4 Å². The number of anilines is 1. The molecule has 0 amide bonds. The molecule has 0 saturated heterocycles. The van der Waals surface area contributed by atoms with E-state index in [0.717, 1.165) is 17.7 Å². The highest BCUT2D eigenvalue weighted by molar-refractivity contribution is 6.02. The van der Waals surface area contributed by atoms with E-state index in [1.54, 1.807) is 11.9 Å². The van der Waals surface area contributed by atoms with Crippen LogP contribution in [0.2, 0.25) is 0 Å². The molecule has 1 heterocycles. The highest BCUT2D eigenvalue weighted by atomic mass is 16.4. The Bertz CT molecular complexity index is 462. The van der Waals surface area contributed by atoms with Crippen LogP contribution >= 0.6 is 0 Å². The third-order valence-corrected chi connectivity index (χ3v) is 2.99. The summed E-state index contributed by atoms with van der Waals surface area (Å²) < 4.78 is 0. The summed E-state index contributed by atoms with van der Waals surface area (Å²) in [6.07, 6.45) is 1.44. The van der Waals surface area contributed by atoms with E-state index in [-0.39, 0.29) is 12.4 Å². The van der Waals surface area contributed by atoms with Crippen LogP contribution in [0.5, 0.6) is 0 Å². The van der Waals surface area contributed by atoms with Crippen LogP contribution in [-0.2, 0) is 12.8 Å². The first-order valence-electron chi connectivity index (χ1n) is 6.28. The van der Waals surface area contributed by atoms with E-state index in [0.29, 0.717) is 24.3 Å². The van der Waals surface area contributed by atoms with Crippen molar-refractivity contribution in [2.75, 3.05) is 25.1 Å². The number of amidine groups is 1. The Morgan fingerprint density at radius 1 is 1.32 bits per heavy atom. The van der Waals surface area contributed by atoms with Crippen molar-refractivity contribution in [1.29, 1.82) is 0 Å². The number of likely N-dealkylation sites (N-methyl/N-ethyl adjacent to an activating group) is 1. The Kier molecular flexibility index (Phi) is 5.50. The number of hydrogen-bond donors (Lipinski definition) is 3. The number of nitrogens with two attached hydrogens (primary N) is 1. The first-order valence-corrected chi connectivity index (χ1v) is 6.28. The standard InChI is InChI=1S/C12H21N5O2/c1-4-8-9(5-2)14-15-12(17(3)6-7-18)10(8)11(13)16-19/h18-19H,4-7H2,1-3H3,(H2,13,16). The Labute approximate surface area is 112 Å². The molecule has 7 heteroatoms. The molecule has 106 valence electrons. The number of oxime groups is 1. The molecule has 0 fully saturated rings. The van der Waals surface area contributed by atoms with E-state index in [1.807, 2.05) is 13.8 Å². The van der Waals surface area contributed by atoms with Crippen LogP contribution in [0.4, 0.5) is 5.82 Å². The lowest BCUT2D eigenvalue weighted by molar-refractivity contribution is 0.303. The molecule has 1 aromatic rings. The summed E-state index contributed by atoms with van der Waals surface area (Å²) in [6.45, 7) is 4.36. The van der Waals surface area contributed by atoms with Crippen LogP contribution < -0.4 is 10.6 Å². The van der Waals surface area contributed by atoms with Crippen molar-refractivity contribution in [3.8, 4) is 0 Å². The highest BCUT2D eigenvalue weighted by Crippen LogP contribution is 2.23. The average molecular weight is 267 g/mol. The lowest BCUT2D eigenvalue weighted by atomic mass is 10.0. The van der Waals surface area contributed by atoms with Crippen LogP contribution in [-0.4, -0.2) is 46.5 Å². The average Bonchev–Trinajstić information content (AvgIpc) is 2.44. The second-order valence-electron chi connectivity index (χ2n) is 4.16. The van der Waals surface area contributed by atoms with Gasteiger partial charge in [0.15, 0.2) is 11.7 Å². The zero-order chi connectivity index (χ0) is 14.4. The number of rotatable bonds is 6. The minimum Gasteiger partial charge on any atom is -0.409 e. The Morgan fingerprint density at radius 3 is 2.47 bits per heavy atom. The highest BCUT2D eigenvalue weighted by Gasteiger charge is 2.20. The summed E-state index contributed by atoms with van der Waals surface area (Å²) >= 11 is 0. The van der Waals surface area contributed by atoms with Crippen LogP contribution in [0.25, 0.3) is 0 Å². The molecule has 0 spiro atoms. The monoisotopic (exact) mass is 267 g/mol. The van der Waals surface area contributed by atoms with Crippen molar-refractivity contribution in [1.82, 2.24) is 10.2 Å². The summed E-state index contributed by atoms with van der Waals surface area (Å²) in [5.41, 5.74) is 8.12. The summed E-state index contributed by atoms with van der Waals surface area (Å²) in [5, 5.41) is 29.4. The Hall–Kier alpha value is -1.89. The SMILES string of the molecule is CCc1nnc(N(C)CCO)c(C(N)=NO)c1CC. The van der Waals surface area contributed by atoms with Gasteiger partial charge in [-0.2, -0.15) is 5.10 Å². The van der Waals surface area contributed by atoms with Gasteiger partial charge in [-0.3, -0.25) is 0 Å². The molecule has 0 aliphatic carbocycles. The van der Waals surface area contributed by atoms with Gasteiger partial charge in [0, 0.05) is 13.6 Å². The fourth-order valence-corrected chi connectivity index (χ4v) is 2.00. The predicted octanol–water partition coefficient (Wildman–Crippen LogP) is 0.124. The molecule has 4 N–H and O–H groups in total. The summed E-state index contributed by atoms with van der Waals surface area (Å²) in [5.74, 6) is 0.527. The maximum atomic E-state index is 9.01. The zero-order valence-corrected chi connectivity index (χ0v) is 11.6. The van der Waals surface area contributed by atoms with E-state index in [1.165, 1.54) is 0 Å². The normalized spacial score (nSPS) is 11.7. The Morgan fingerprint density at radius 2 is 2.00 bits per heavy atom. The molecule has 0 unspecified atom stereocenters. The van der Waals surface area contributed by atoms with Gasteiger partial charge in [0.05, 0.1) is 17.9 Å². The second kappa shape index (κ2) is 6.89. The fraction of sp³-hybridized carbons (Fsp3) is 0.583. The van der Waals surface area contributed by atoms with E-state index in [9.17, 15) is 0 Å². The molecule has 19 heavy (non-hydrogen) atoms. The molecule has 0 aliphatic heterocycles. The molecule has 0 atom stereocenters. The van der Waals surface area contributed by atoms with Gasteiger partial charge in [-0.05, 0) is 18.4 Å². The van der Waals surface area contributed by atoms with Gasteiger partial charge in [-0.15, -0.1) is 5.10 Å². The molecule has 0 saturated carbocycles. The largest absolute Gasteiger partial charge is 0.409 e. The van der Waals surface area contributed by atoms with Crippen LogP contribution in [0.1, 0.15) is 30.7 Å². The number of aromatic nitrogens is 2. The molecule has 7 nitrogen and oxygen atoms in total. The quantitative estimate of drug-likeness (QED) is 0.292. The molecular formula is C12H21N5O2. The second-order valence-corrected chi connectivity index (χ2v) is 4.16. The van der Waals surface area contributed by atoms with Crippen LogP contribution in [0.3, 0.4) is 0 Å². The van der Waals surface area contributed by atoms with Crippen molar-refractivity contribution >= 4 is 11.7 Å². The van der Waals surface area contributed by atoms with Crippen LogP contribution in [0.15, 0.2) is 5.16 Å². The van der Waals surface area contributed by atoms with Crippen molar-refractivity contribution < 1.29 is 10.3 Å². The maximum Gasteiger partial charge on any atom is 0.174 e. The molecule has 1 rings (SSSR count). The minimum absolute atomic E-state index is 0.00915. The third-order valence-electron chi connectivity index (χ3n) is 2.99. The van der Waals surface area contributed by atoms with Gasteiger partial charge in [-0.25, -0.2) is 0 Å². The van der Waals surface area contributed by atoms with Gasteiger partial charge in [0.1, 0.15) is 0 Å².